The highest BCUT2D eigenvalue weighted by Crippen LogP contribution is 2.24. The van der Waals surface area contributed by atoms with Crippen LogP contribution in [0.2, 0.25) is 0 Å². The van der Waals surface area contributed by atoms with E-state index < -0.39 is 0 Å². The Hall–Kier alpha value is -2.42. The zero-order valence-corrected chi connectivity index (χ0v) is 12.0. The van der Waals surface area contributed by atoms with E-state index in [4.69, 9.17) is 9.78 Å². The van der Waals surface area contributed by atoms with Gasteiger partial charge in [0.2, 0.25) is 5.89 Å². The summed E-state index contributed by atoms with van der Waals surface area (Å²) < 4.78 is 5.03. The lowest BCUT2D eigenvalue weighted by Gasteiger charge is -2.33. The molecule has 0 saturated carbocycles. The van der Waals surface area contributed by atoms with Crippen molar-refractivity contribution in [2.24, 2.45) is 5.92 Å². The van der Waals surface area contributed by atoms with Crippen LogP contribution in [0, 0.1) is 24.2 Å². The van der Waals surface area contributed by atoms with Crippen LogP contribution >= 0.6 is 0 Å². The molecule has 3 rings (SSSR count). The first-order chi connectivity index (χ1) is 10.2. The Morgan fingerprint density at radius 2 is 2.38 bits per heavy atom. The van der Waals surface area contributed by atoms with Crippen LogP contribution in [0.3, 0.4) is 0 Å². The molecule has 0 radical (unpaired) electrons. The van der Waals surface area contributed by atoms with Crippen LogP contribution in [0.5, 0.6) is 0 Å². The number of hydrogen-bond donors (Lipinski definition) is 0. The monoisotopic (exact) mass is 283 g/mol. The second-order valence-electron chi connectivity index (χ2n) is 5.40. The zero-order valence-electron chi connectivity index (χ0n) is 12.0. The van der Waals surface area contributed by atoms with Crippen molar-refractivity contribution in [3.05, 3.63) is 35.7 Å². The summed E-state index contributed by atoms with van der Waals surface area (Å²) in [5.74, 6) is 1.93. The first-order valence-corrected chi connectivity index (χ1v) is 7.15. The minimum absolute atomic E-state index is 0.453. The number of aryl methyl sites for hydroxylation is 1. The van der Waals surface area contributed by atoms with Crippen molar-refractivity contribution in [1.82, 2.24) is 15.1 Å². The summed E-state index contributed by atoms with van der Waals surface area (Å²) >= 11 is 0. The van der Waals surface area contributed by atoms with Crippen LogP contribution in [0.15, 0.2) is 22.9 Å². The van der Waals surface area contributed by atoms with E-state index in [-0.39, 0.29) is 0 Å². The number of anilines is 1. The molecule has 6 heteroatoms. The lowest BCUT2D eigenvalue weighted by molar-refractivity contribution is 0.370. The van der Waals surface area contributed by atoms with Gasteiger partial charge in [-0.15, -0.1) is 0 Å². The van der Waals surface area contributed by atoms with Gasteiger partial charge in [-0.2, -0.15) is 10.2 Å². The van der Waals surface area contributed by atoms with E-state index in [9.17, 15) is 0 Å². The Kier molecular flexibility index (Phi) is 3.82. The molecule has 0 bridgehead atoms. The molecule has 2 aromatic heterocycles. The Balaban J connectivity index is 1.66. The number of pyridine rings is 1. The van der Waals surface area contributed by atoms with Crippen molar-refractivity contribution in [1.29, 1.82) is 5.26 Å². The van der Waals surface area contributed by atoms with Crippen molar-refractivity contribution in [2.45, 2.75) is 26.2 Å². The molecule has 1 aliphatic heterocycles. The fraction of sp³-hybridized carbons (Fsp3) is 0.467. The van der Waals surface area contributed by atoms with Gasteiger partial charge in [-0.05, 0) is 30.9 Å². The highest BCUT2D eigenvalue weighted by molar-refractivity contribution is 5.46. The summed E-state index contributed by atoms with van der Waals surface area (Å²) in [7, 11) is 0. The lowest BCUT2D eigenvalue weighted by Crippen LogP contribution is -2.36. The summed E-state index contributed by atoms with van der Waals surface area (Å²) in [5.41, 5.74) is 1.53. The van der Waals surface area contributed by atoms with E-state index in [0.717, 1.165) is 37.4 Å². The third-order valence-electron chi connectivity index (χ3n) is 3.79. The normalized spacial score (nSPS) is 18.5. The van der Waals surface area contributed by atoms with E-state index in [1.807, 2.05) is 19.1 Å². The Bertz CT molecular complexity index is 643. The molecule has 1 fully saturated rings. The second-order valence-corrected chi connectivity index (χ2v) is 5.40. The Morgan fingerprint density at radius 3 is 3.05 bits per heavy atom. The maximum absolute atomic E-state index is 8.80. The van der Waals surface area contributed by atoms with E-state index in [1.165, 1.54) is 6.42 Å². The van der Waals surface area contributed by atoms with E-state index in [0.29, 0.717) is 17.5 Å². The van der Waals surface area contributed by atoms with Crippen LogP contribution in [0.1, 0.15) is 30.3 Å². The van der Waals surface area contributed by atoms with E-state index in [2.05, 4.69) is 20.0 Å². The first-order valence-electron chi connectivity index (χ1n) is 7.15. The fourth-order valence-corrected chi connectivity index (χ4v) is 2.79. The molecular weight excluding hydrogens is 266 g/mol. The van der Waals surface area contributed by atoms with Crippen LogP contribution in [-0.4, -0.2) is 28.2 Å². The molecule has 2 aromatic rings. The summed E-state index contributed by atoms with van der Waals surface area (Å²) in [6, 6.07) is 5.77. The minimum atomic E-state index is 0.453. The third kappa shape index (κ3) is 3.19. The largest absolute Gasteiger partial charge is 0.370 e. The molecule has 21 heavy (non-hydrogen) atoms. The summed E-state index contributed by atoms with van der Waals surface area (Å²) in [6.07, 6.45) is 4.94. The molecule has 108 valence electrons. The lowest BCUT2D eigenvalue weighted by atomic mass is 9.94. The van der Waals surface area contributed by atoms with Crippen LogP contribution in [0.4, 0.5) is 5.69 Å². The molecule has 0 aromatic carbocycles. The highest BCUT2D eigenvalue weighted by atomic mass is 16.5. The molecule has 1 atom stereocenters. The first kappa shape index (κ1) is 13.6. The number of nitrogens with zero attached hydrogens (tertiary/aromatic N) is 5. The van der Waals surface area contributed by atoms with Crippen LogP contribution in [-0.2, 0) is 6.42 Å². The molecule has 6 nitrogen and oxygen atoms in total. The SMILES string of the molecule is Cc1nc(CC2CCCN(c3ccc(C#N)nc3)C2)no1. The number of aromatic nitrogens is 3. The van der Waals surface area contributed by atoms with Crippen LogP contribution in [0.25, 0.3) is 0 Å². The quantitative estimate of drug-likeness (QED) is 0.858. The van der Waals surface area contributed by atoms with Gasteiger partial charge in [0, 0.05) is 26.4 Å². The topological polar surface area (TPSA) is 78.8 Å². The fourth-order valence-electron chi connectivity index (χ4n) is 2.79. The van der Waals surface area contributed by atoms with Gasteiger partial charge in [0.1, 0.15) is 11.8 Å². The molecule has 0 spiro atoms. The van der Waals surface area contributed by atoms with Gasteiger partial charge in [0.15, 0.2) is 5.82 Å². The van der Waals surface area contributed by atoms with E-state index >= 15 is 0 Å². The van der Waals surface area contributed by atoms with Crippen molar-refractivity contribution >= 4 is 5.69 Å². The van der Waals surface area contributed by atoms with Crippen molar-refractivity contribution in [3.8, 4) is 6.07 Å². The predicted molar refractivity (Wildman–Crippen MR) is 76.6 cm³/mol. The van der Waals surface area contributed by atoms with Crippen molar-refractivity contribution in [2.75, 3.05) is 18.0 Å². The van der Waals surface area contributed by atoms with Gasteiger partial charge < -0.3 is 9.42 Å². The van der Waals surface area contributed by atoms with Crippen LogP contribution < -0.4 is 4.90 Å². The van der Waals surface area contributed by atoms with Gasteiger partial charge >= 0.3 is 0 Å². The number of rotatable bonds is 3. The summed E-state index contributed by atoms with van der Waals surface area (Å²) in [4.78, 5) is 10.7. The van der Waals surface area contributed by atoms with Gasteiger partial charge in [0.05, 0.1) is 11.9 Å². The maximum atomic E-state index is 8.80. The molecule has 0 N–H and O–H groups in total. The van der Waals surface area contributed by atoms with Crippen molar-refractivity contribution < 1.29 is 4.52 Å². The minimum Gasteiger partial charge on any atom is -0.370 e. The molecule has 3 heterocycles. The number of nitriles is 1. The Labute approximate surface area is 123 Å². The molecule has 0 amide bonds. The van der Waals surface area contributed by atoms with Gasteiger partial charge in [-0.3, -0.25) is 0 Å². The molecule has 0 aliphatic carbocycles. The third-order valence-corrected chi connectivity index (χ3v) is 3.79. The van der Waals surface area contributed by atoms with Gasteiger partial charge in [-0.25, -0.2) is 4.98 Å². The van der Waals surface area contributed by atoms with Gasteiger partial charge in [0.25, 0.3) is 0 Å². The number of piperidine rings is 1. The second kappa shape index (κ2) is 5.92. The smallest absolute Gasteiger partial charge is 0.223 e. The molecule has 1 saturated heterocycles. The Morgan fingerprint density at radius 1 is 1.48 bits per heavy atom. The molecular formula is C15H17N5O. The molecule has 1 aliphatic rings. The molecule has 1 unspecified atom stereocenters. The highest BCUT2D eigenvalue weighted by Gasteiger charge is 2.22. The number of hydrogen-bond acceptors (Lipinski definition) is 6. The van der Waals surface area contributed by atoms with Gasteiger partial charge in [-0.1, -0.05) is 5.16 Å². The summed E-state index contributed by atoms with van der Waals surface area (Å²) in [6.45, 7) is 3.79. The van der Waals surface area contributed by atoms with E-state index in [1.54, 1.807) is 12.3 Å². The predicted octanol–water partition coefficient (Wildman–Crippen LogP) is 2.10. The maximum Gasteiger partial charge on any atom is 0.223 e. The zero-order chi connectivity index (χ0) is 14.7. The standard InChI is InChI=1S/C15H17N5O/c1-11-18-15(19-21-11)7-12-3-2-6-20(10-12)14-5-4-13(8-16)17-9-14/h4-5,9,12H,2-3,6-7,10H2,1H3. The average molecular weight is 283 g/mol. The average Bonchev–Trinajstić information content (AvgIpc) is 2.93. The summed E-state index contributed by atoms with van der Waals surface area (Å²) in [5, 5.41) is 12.8. The van der Waals surface area contributed by atoms with Crippen molar-refractivity contribution in [3.63, 3.8) is 0 Å².